The van der Waals surface area contributed by atoms with E-state index in [1.165, 1.54) is 11.9 Å². The van der Waals surface area contributed by atoms with Crippen LogP contribution in [0.2, 0.25) is 0 Å². The number of hydrogen-bond donors (Lipinski definition) is 2. The number of ether oxygens (including phenoxy) is 1. The van der Waals surface area contributed by atoms with Gasteiger partial charge in [-0.25, -0.2) is 13.6 Å². The van der Waals surface area contributed by atoms with Gasteiger partial charge in [0.2, 0.25) is 0 Å². The second-order valence-electron chi connectivity index (χ2n) is 7.59. The van der Waals surface area contributed by atoms with Crippen molar-refractivity contribution in [3.8, 4) is 11.3 Å². The molecule has 10 heteroatoms. The number of benzene rings is 1. The van der Waals surface area contributed by atoms with Gasteiger partial charge in [0.15, 0.2) is 5.58 Å². The van der Waals surface area contributed by atoms with Crippen LogP contribution in [-0.2, 0) is 11.2 Å². The van der Waals surface area contributed by atoms with Crippen LogP contribution >= 0.6 is 0 Å². The molecule has 2 amide bonds. The molecular weight excluding hydrogens is 424 g/mol. The van der Waals surface area contributed by atoms with Gasteiger partial charge in [0, 0.05) is 37.3 Å². The number of nitrogens with one attached hydrogen (secondary N) is 1. The van der Waals surface area contributed by atoms with Crippen molar-refractivity contribution in [2.75, 3.05) is 26.7 Å². The van der Waals surface area contributed by atoms with E-state index in [9.17, 15) is 14.7 Å². The largest absolute Gasteiger partial charge is 0.465 e. The van der Waals surface area contributed by atoms with E-state index in [1.54, 1.807) is 12.3 Å². The van der Waals surface area contributed by atoms with Crippen LogP contribution in [0.25, 0.3) is 22.4 Å². The Balaban J connectivity index is 1.82. The van der Waals surface area contributed by atoms with Crippen LogP contribution in [0.5, 0.6) is 0 Å². The van der Waals surface area contributed by atoms with E-state index in [-0.39, 0.29) is 37.4 Å². The first-order valence-corrected chi connectivity index (χ1v) is 9.97. The summed E-state index contributed by atoms with van der Waals surface area (Å²) in [6, 6.07) is 3.58. The number of pyridine rings is 1. The van der Waals surface area contributed by atoms with Crippen molar-refractivity contribution in [1.82, 2.24) is 15.2 Å². The zero-order valence-electron chi connectivity index (χ0n) is 17.4. The average molecular weight is 445 g/mol. The molecule has 1 aromatic carbocycles. The molecule has 1 unspecified atom stereocenters. The van der Waals surface area contributed by atoms with Gasteiger partial charge in [-0.05, 0) is 30.7 Å². The predicted molar refractivity (Wildman–Crippen MR) is 111 cm³/mol. The van der Waals surface area contributed by atoms with Gasteiger partial charge in [-0.15, -0.1) is 0 Å². The summed E-state index contributed by atoms with van der Waals surface area (Å²) < 4.78 is 41.6. The number of carbonyl (C=O) groups excluding carboxylic acids is 1. The normalized spacial score (nSPS) is 16.4. The summed E-state index contributed by atoms with van der Waals surface area (Å²) in [6.45, 7) is 2.36. The molecule has 3 heterocycles. The number of aromatic nitrogens is 1. The first kappa shape index (κ1) is 21.7. The Morgan fingerprint density at radius 1 is 1.28 bits per heavy atom. The highest BCUT2D eigenvalue weighted by Gasteiger charge is 2.30. The zero-order valence-corrected chi connectivity index (χ0v) is 17.4. The molecular formula is C22H21F2N3O5. The lowest BCUT2D eigenvalue weighted by atomic mass is 9.99. The number of rotatable bonds is 4. The number of furan rings is 1. The molecule has 0 radical (unpaired) electrons. The molecule has 0 bridgehead atoms. The molecule has 32 heavy (non-hydrogen) atoms. The van der Waals surface area contributed by atoms with Gasteiger partial charge in [-0.1, -0.05) is 0 Å². The Hall–Kier alpha value is -3.53. The monoisotopic (exact) mass is 445 g/mol. The summed E-state index contributed by atoms with van der Waals surface area (Å²) in [5.41, 5.74) is 1.37. The van der Waals surface area contributed by atoms with Gasteiger partial charge in [-0.3, -0.25) is 9.78 Å². The molecule has 1 fully saturated rings. The Morgan fingerprint density at radius 3 is 2.66 bits per heavy atom. The van der Waals surface area contributed by atoms with Crippen LogP contribution in [0.4, 0.5) is 13.6 Å². The van der Waals surface area contributed by atoms with Crippen molar-refractivity contribution in [3.05, 3.63) is 52.7 Å². The fraction of sp³-hybridized carbons (Fsp3) is 0.318. The first-order valence-electron chi connectivity index (χ1n) is 9.97. The fourth-order valence-corrected chi connectivity index (χ4v) is 3.83. The molecule has 3 aromatic rings. The second-order valence-corrected chi connectivity index (χ2v) is 7.59. The first-order chi connectivity index (χ1) is 15.3. The lowest BCUT2D eigenvalue weighted by Crippen LogP contribution is -2.45. The second kappa shape index (κ2) is 8.54. The molecule has 0 spiro atoms. The quantitative estimate of drug-likeness (QED) is 0.638. The van der Waals surface area contributed by atoms with Crippen LogP contribution in [0.15, 0.2) is 28.8 Å². The highest BCUT2D eigenvalue weighted by molar-refractivity contribution is 5.95. The van der Waals surface area contributed by atoms with Gasteiger partial charge in [0.25, 0.3) is 5.91 Å². The Kier molecular flexibility index (Phi) is 5.79. The van der Waals surface area contributed by atoms with Crippen molar-refractivity contribution >= 4 is 23.1 Å². The van der Waals surface area contributed by atoms with Crippen molar-refractivity contribution < 1.29 is 32.6 Å². The topological polar surface area (TPSA) is 105 Å². The smallest absolute Gasteiger partial charge is 0.407 e. The Bertz CT molecular complexity index is 1190. The van der Waals surface area contributed by atoms with Gasteiger partial charge in [-0.2, -0.15) is 0 Å². The molecule has 0 saturated carbocycles. The summed E-state index contributed by atoms with van der Waals surface area (Å²) in [5, 5.41) is 11.6. The van der Waals surface area contributed by atoms with Gasteiger partial charge < -0.3 is 24.5 Å². The summed E-state index contributed by atoms with van der Waals surface area (Å²) in [6.07, 6.45) is 0.140. The summed E-state index contributed by atoms with van der Waals surface area (Å²) in [4.78, 5) is 28.8. The van der Waals surface area contributed by atoms with E-state index in [4.69, 9.17) is 9.15 Å². The molecule has 4 rings (SSSR count). The minimum Gasteiger partial charge on any atom is -0.465 e. The number of amides is 2. The summed E-state index contributed by atoms with van der Waals surface area (Å²) in [5.74, 6) is -2.61. The Labute approximate surface area is 181 Å². The van der Waals surface area contributed by atoms with Crippen LogP contribution < -0.4 is 5.32 Å². The fourth-order valence-electron chi connectivity index (χ4n) is 3.83. The number of hydrogen-bond acceptors (Lipinski definition) is 5. The standard InChI is InChI=1S/C22H21F2N3O5/c1-11-5-17-19(26-9-11)14(8-13-10-27(22(29)30)3-4-31-13)20(32-17)18-15(23)6-12(7-16(18)24)21(28)25-2/h5-7,9,13H,3-4,8,10H2,1-2H3,(H,25,28)(H,29,30). The van der Waals surface area contributed by atoms with Gasteiger partial charge >= 0.3 is 6.09 Å². The third-order valence-corrected chi connectivity index (χ3v) is 5.36. The van der Waals surface area contributed by atoms with Gasteiger partial charge in [0.1, 0.15) is 22.9 Å². The number of nitrogens with zero attached hydrogens (tertiary/aromatic N) is 2. The predicted octanol–water partition coefficient (Wildman–Crippen LogP) is 3.36. The lowest BCUT2D eigenvalue weighted by molar-refractivity contribution is -0.0209. The summed E-state index contributed by atoms with van der Waals surface area (Å²) >= 11 is 0. The molecule has 2 aromatic heterocycles. The summed E-state index contributed by atoms with van der Waals surface area (Å²) in [7, 11) is 1.36. The van der Waals surface area contributed by atoms with E-state index in [0.717, 1.165) is 17.7 Å². The highest BCUT2D eigenvalue weighted by Crippen LogP contribution is 2.37. The van der Waals surface area contributed by atoms with E-state index in [0.29, 0.717) is 16.7 Å². The van der Waals surface area contributed by atoms with Crippen molar-refractivity contribution in [2.24, 2.45) is 0 Å². The minimum absolute atomic E-state index is 0.0624. The third-order valence-electron chi connectivity index (χ3n) is 5.36. The maximum Gasteiger partial charge on any atom is 0.407 e. The molecule has 1 saturated heterocycles. The highest BCUT2D eigenvalue weighted by atomic mass is 19.1. The van der Waals surface area contributed by atoms with Crippen LogP contribution in [-0.4, -0.2) is 59.8 Å². The number of fused-ring (bicyclic) bond motifs is 1. The molecule has 8 nitrogen and oxygen atoms in total. The zero-order chi connectivity index (χ0) is 23.0. The van der Waals surface area contributed by atoms with Crippen LogP contribution in [0, 0.1) is 18.6 Å². The molecule has 168 valence electrons. The maximum absolute atomic E-state index is 15.0. The van der Waals surface area contributed by atoms with Gasteiger partial charge in [0.05, 0.1) is 24.8 Å². The van der Waals surface area contributed by atoms with Crippen molar-refractivity contribution in [3.63, 3.8) is 0 Å². The molecule has 2 N–H and O–H groups in total. The number of carboxylic acid groups (broad SMARTS) is 1. The Morgan fingerprint density at radius 2 is 2.00 bits per heavy atom. The molecule has 1 aliphatic heterocycles. The number of morpholine rings is 1. The molecule has 1 aliphatic rings. The lowest BCUT2D eigenvalue weighted by Gasteiger charge is -2.31. The van der Waals surface area contributed by atoms with Crippen LogP contribution in [0.3, 0.4) is 0 Å². The number of aryl methyl sites for hydroxylation is 1. The van der Waals surface area contributed by atoms with Crippen LogP contribution in [0.1, 0.15) is 21.5 Å². The minimum atomic E-state index is -1.06. The molecule has 1 atom stereocenters. The van der Waals surface area contributed by atoms with Crippen molar-refractivity contribution in [2.45, 2.75) is 19.4 Å². The SMILES string of the molecule is CNC(=O)c1cc(F)c(-c2oc3cc(C)cnc3c2CC2CN(C(=O)O)CCO2)c(F)c1. The van der Waals surface area contributed by atoms with E-state index in [2.05, 4.69) is 10.3 Å². The third kappa shape index (κ3) is 4.01. The average Bonchev–Trinajstić information content (AvgIpc) is 3.09. The number of carbonyl (C=O) groups is 2. The van der Waals surface area contributed by atoms with Crippen molar-refractivity contribution in [1.29, 1.82) is 0 Å². The maximum atomic E-state index is 15.0. The van der Waals surface area contributed by atoms with E-state index >= 15 is 8.78 Å². The number of halogens is 2. The van der Waals surface area contributed by atoms with E-state index < -0.39 is 35.3 Å². The molecule has 0 aliphatic carbocycles. The van der Waals surface area contributed by atoms with E-state index in [1.807, 2.05) is 6.92 Å².